The molecule has 0 unspecified atom stereocenters. The number of nitrogens with one attached hydrogen (secondary N) is 2. The summed E-state index contributed by atoms with van der Waals surface area (Å²) in [6, 6.07) is 11.4. The molecule has 0 spiro atoms. The van der Waals surface area contributed by atoms with Crippen LogP contribution in [0.2, 0.25) is 0 Å². The van der Waals surface area contributed by atoms with Crippen LogP contribution in [0.4, 0.5) is 10.1 Å². The molecule has 30 heavy (non-hydrogen) atoms. The molecular weight excluding hydrogens is 391 g/mol. The van der Waals surface area contributed by atoms with Gasteiger partial charge in [-0.2, -0.15) is 0 Å². The Morgan fingerprint density at radius 3 is 2.60 bits per heavy atom. The second-order valence-corrected chi connectivity index (χ2v) is 6.32. The average molecular weight is 406 g/mol. The first-order chi connectivity index (χ1) is 14.5. The summed E-state index contributed by atoms with van der Waals surface area (Å²) in [5, 5.41) is 5.16. The molecule has 9 heteroatoms. The lowest BCUT2D eigenvalue weighted by atomic mass is 10.2. The third-order valence-electron chi connectivity index (χ3n) is 4.33. The van der Waals surface area contributed by atoms with E-state index in [1.54, 1.807) is 12.1 Å². The molecule has 3 heterocycles. The number of anilines is 1. The molecule has 0 atom stereocenters. The van der Waals surface area contributed by atoms with Crippen LogP contribution < -0.4 is 16.2 Å². The average Bonchev–Trinajstić information content (AvgIpc) is 3.28. The van der Waals surface area contributed by atoms with Crippen LogP contribution in [0.25, 0.3) is 5.65 Å². The number of benzene rings is 1. The summed E-state index contributed by atoms with van der Waals surface area (Å²) in [6.07, 6.45) is 4.13. The lowest BCUT2D eigenvalue weighted by Gasteiger charge is -2.09. The summed E-state index contributed by atoms with van der Waals surface area (Å²) < 4.78 is 19.4. The molecule has 0 saturated carbocycles. The predicted octanol–water partition coefficient (Wildman–Crippen LogP) is 2.61. The van der Waals surface area contributed by atoms with Crippen LogP contribution in [0.15, 0.2) is 76.4 Å². The molecule has 0 fully saturated rings. The summed E-state index contributed by atoms with van der Waals surface area (Å²) in [6.45, 7) is 0.183. The second kappa shape index (κ2) is 8.00. The molecular formula is C21H15FN4O4. The van der Waals surface area contributed by atoms with E-state index in [9.17, 15) is 18.8 Å². The molecule has 4 aromatic rings. The lowest BCUT2D eigenvalue weighted by Crippen LogP contribution is -2.27. The summed E-state index contributed by atoms with van der Waals surface area (Å²) in [5.41, 5.74) is -0.116. The number of carbonyl (C=O) groups is 2. The number of furan rings is 1. The molecule has 0 aliphatic heterocycles. The molecule has 0 radical (unpaired) electrons. The van der Waals surface area contributed by atoms with Crippen molar-refractivity contribution in [3.05, 3.63) is 100 Å². The van der Waals surface area contributed by atoms with Gasteiger partial charge in [-0.05, 0) is 48.5 Å². The summed E-state index contributed by atoms with van der Waals surface area (Å²) >= 11 is 0. The van der Waals surface area contributed by atoms with Gasteiger partial charge in [0.15, 0.2) is 5.65 Å². The van der Waals surface area contributed by atoms with Gasteiger partial charge in [0.1, 0.15) is 17.3 Å². The van der Waals surface area contributed by atoms with Crippen molar-refractivity contribution in [2.45, 2.75) is 6.54 Å². The first kappa shape index (κ1) is 19.1. The van der Waals surface area contributed by atoms with Crippen molar-refractivity contribution < 1.29 is 18.4 Å². The zero-order chi connectivity index (χ0) is 21.1. The molecule has 0 bridgehead atoms. The SMILES string of the molecule is O=C(Nc1cnc2c(C(=O)NCc3ccco3)cccn2c1=O)c1ccc(F)cc1. The van der Waals surface area contributed by atoms with Crippen LogP contribution in [0.3, 0.4) is 0 Å². The smallest absolute Gasteiger partial charge is 0.281 e. The van der Waals surface area contributed by atoms with Crippen LogP contribution in [-0.2, 0) is 6.54 Å². The Kier molecular flexibility index (Phi) is 5.08. The molecule has 0 aliphatic rings. The summed E-state index contributed by atoms with van der Waals surface area (Å²) in [5.74, 6) is -0.906. The van der Waals surface area contributed by atoms with Crippen LogP contribution in [0.5, 0.6) is 0 Å². The van der Waals surface area contributed by atoms with Crippen LogP contribution in [-0.4, -0.2) is 21.2 Å². The van der Waals surface area contributed by atoms with E-state index in [0.717, 1.165) is 12.1 Å². The van der Waals surface area contributed by atoms with Crippen molar-refractivity contribution in [2.75, 3.05) is 5.32 Å². The van der Waals surface area contributed by atoms with Gasteiger partial charge in [0, 0.05) is 11.8 Å². The van der Waals surface area contributed by atoms with Crippen molar-refractivity contribution in [3.8, 4) is 0 Å². The first-order valence-corrected chi connectivity index (χ1v) is 8.91. The van der Waals surface area contributed by atoms with E-state index < -0.39 is 23.2 Å². The van der Waals surface area contributed by atoms with Gasteiger partial charge in [0.05, 0.1) is 24.6 Å². The molecule has 2 N–H and O–H groups in total. The quantitative estimate of drug-likeness (QED) is 0.530. The number of pyridine rings is 1. The van der Waals surface area contributed by atoms with Crippen molar-refractivity contribution in [3.63, 3.8) is 0 Å². The normalized spacial score (nSPS) is 10.7. The summed E-state index contributed by atoms with van der Waals surface area (Å²) in [4.78, 5) is 41.8. The van der Waals surface area contributed by atoms with Crippen molar-refractivity contribution in [1.29, 1.82) is 0 Å². The summed E-state index contributed by atoms with van der Waals surface area (Å²) in [7, 11) is 0. The van der Waals surface area contributed by atoms with Gasteiger partial charge >= 0.3 is 0 Å². The minimum Gasteiger partial charge on any atom is -0.467 e. The Morgan fingerprint density at radius 2 is 1.87 bits per heavy atom. The Hall–Kier alpha value is -4.27. The molecule has 150 valence electrons. The monoisotopic (exact) mass is 406 g/mol. The maximum atomic E-state index is 13.0. The van der Waals surface area contributed by atoms with Gasteiger partial charge in [-0.3, -0.25) is 18.8 Å². The molecule has 1 aromatic carbocycles. The van der Waals surface area contributed by atoms with Crippen molar-refractivity contribution in [1.82, 2.24) is 14.7 Å². The third kappa shape index (κ3) is 3.81. The molecule has 0 saturated heterocycles. The Morgan fingerprint density at radius 1 is 1.07 bits per heavy atom. The Labute approximate surface area is 169 Å². The Balaban J connectivity index is 1.60. The molecule has 0 aliphatic carbocycles. The zero-order valence-corrected chi connectivity index (χ0v) is 15.5. The largest absolute Gasteiger partial charge is 0.467 e. The molecule has 3 aromatic heterocycles. The van der Waals surface area contributed by atoms with Crippen LogP contribution in [0, 0.1) is 5.82 Å². The highest BCUT2D eigenvalue weighted by molar-refractivity contribution is 6.04. The van der Waals surface area contributed by atoms with E-state index in [1.165, 1.54) is 47.3 Å². The highest BCUT2D eigenvalue weighted by Gasteiger charge is 2.15. The van der Waals surface area contributed by atoms with E-state index in [2.05, 4.69) is 15.6 Å². The fourth-order valence-corrected chi connectivity index (χ4v) is 2.84. The van der Waals surface area contributed by atoms with E-state index in [-0.39, 0.29) is 29.0 Å². The van der Waals surface area contributed by atoms with Gasteiger partial charge in [-0.25, -0.2) is 9.37 Å². The van der Waals surface area contributed by atoms with Gasteiger partial charge in [-0.1, -0.05) is 0 Å². The minimum atomic E-state index is -0.582. The van der Waals surface area contributed by atoms with Gasteiger partial charge in [0.2, 0.25) is 0 Å². The number of amides is 2. The second-order valence-electron chi connectivity index (χ2n) is 6.32. The van der Waals surface area contributed by atoms with Gasteiger partial charge < -0.3 is 15.1 Å². The predicted molar refractivity (Wildman–Crippen MR) is 106 cm³/mol. The molecule has 8 nitrogen and oxygen atoms in total. The lowest BCUT2D eigenvalue weighted by molar-refractivity contribution is 0.0948. The van der Waals surface area contributed by atoms with Gasteiger partial charge in [0.25, 0.3) is 17.4 Å². The van der Waals surface area contributed by atoms with Crippen molar-refractivity contribution in [2.24, 2.45) is 0 Å². The Bertz CT molecular complexity index is 1280. The topological polar surface area (TPSA) is 106 Å². The van der Waals surface area contributed by atoms with Crippen LogP contribution in [0.1, 0.15) is 26.5 Å². The highest BCUT2D eigenvalue weighted by atomic mass is 19.1. The minimum absolute atomic E-state index is 0.0741. The van der Waals surface area contributed by atoms with E-state index in [0.29, 0.717) is 5.76 Å². The van der Waals surface area contributed by atoms with Crippen molar-refractivity contribution >= 4 is 23.1 Å². The first-order valence-electron chi connectivity index (χ1n) is 8.91. The standard InChI is InChI=1S/C21H15FN4O4/c22-14-7-5-13(6-8-14)19(27)25-17-12-23-18-16(4-1-9-26(18)21(17)29)20(28)24-11-15-3-2-10-30-15/h1-10,12H,11H2,(H,24,28)(H,25,27). The highest BCUT2D eigenvalue weighted by Crippen LogP contribution is 2.11. The third-order valence-corrected chi connectivity index (χ3v) is 4.33. The number of halogens is 1. The van der Waals surface area contributed by atoms with E-state index in [1.807, 2.05) is 0 Å². The van der Waals surface area contributed by atoms with E-state index in [4.69, 9.17) is 4.42 Å². The van der Waals surface area contributed by atoms with Crippen LogP contribution >= 0.6 is 0 Å². The fourth-order valence-electron chi connectivity index (χ4n) is 2.84. The molecule has 2 amide bonds. The maximum Gasteiger partial charge on any atom is 0.281 e. The molecule has 4 rings (SSSR count). The number of hydrogen-bond acceptors (Lipinski definition) is 5. The number of fused-ring (bicyclic) bond motifs is 1. The number of carbonyl (C=O) groups excluding carboxylic acids is 2. The number of rotatable bonds is 5. The zero-order valence-electron chi connectivity index (χ0n) is 15.5. The number of hydrogen-bond donors (Lipinski definition) is 2. The maximum absolute atomic E-state index is 13.0. The van der Waals surface area contributed by atoms with E-state index >= 15 is 0 Å². The fraction of sp³-hybridized carbons (Fsp3) is 0.0476. The number of nitrogens with zero attached hydrogens (tertiary/aromatic N) is 2. The van der Waals surface area contributed by atoms with Gasteiger partial charge in [-0.15, -0.1) is 0 Å². The number of aromatic nitrogens is 2.